The lowest BCUT2D eigenvalue weighted by atomic mass is 10.1. The van der Waals surface area contributed by atoms with Gasteiger partial charge in [-0.05, 0) is 30.2 Å². The van der Waals surface area contributed by atoms with Gasteiger partial charge in [0.05, 0.1) is 11.9 Å². The normalized spacial score (nSPS) is 10.7. The van der Waals surface area contributed by atoms with Gasteiger partial charge >= 0.3 is 0 Å². The first-order valence-electron chi connectivity index (χ1n) is 7.20. The number of aromatic nitrogens is 2. The van der Waals surface area contributed by atoms with Crippen LogP contribution in [0.5, 0.6) is 0 Å². The molecule has 0 aliphatic carbocycles. The second-order valence-corrected chi connectivity index (χ2v) is 5.81. The van der Waals surface area contributed by atoms with Crippen molar-refractivity contribution >= 4 is 17.5 Å². The van der Waals surface area contributed by atoms with Crippen LogP contribution >= 0.6 is 11.6 Å². The lowest BCUT2D eigenvalue weighted by molar-refractivity contribution is 0.907. The standard InChI is InChI=1S/C18H18ClN3/c1-13-3-7-15(8-4-13)17-12-21-18(22(17)2)20-11-14-5-9-16(19)10-6-14/h3-10,12H,11H2,1-2H3,(H,20,21). The van der Waals surface area contributed by atoms with Crippen LogP contribution in [0, 0.1) is 6.92 Å². The van der Waals surface area contributed by atoms with Gasteiger partial charge in [0.1, 0.15) is 0 Å². The van der Waals surface area contributed by atoms with Gasteiger partial charge in [-0.15, -0.1) is 0 Å². The number of hydrogen-bond acceptors (Lipinski definition) is 2. The maximum Gasteiger partial charge on any atom is 0.203 e. The van der Waals surface area contributed by atoms with Crippen LogP contribution in [0.1, 0.15) is 11.1 Å². The summed E-state index contributed by atoms with van der Waals surface area (Å²) in [6.45, 7) is 2.81. The number of halogens is 1. The lowest BCUT2D eigenvalue weighted by Crippen LogP contribution is -2.05. The van der Waals surface area contributed by atoms with E-state index in [1.54, 1.807) is 0 Å². The molecule has 0 spiro atoms. The number of rotatable bonds is 4. The molecule has 0 atom stereocenters. The van der Waals surface area contributed by atoms with E-state index in [1.807, 2.05) is 37.5 Å². The average molecular weight is 312 g/mol. The van der Waals surface area contributed by atoms with Gasteiger partial charge in [0.15, 0.2) is 0 Å². The molecule has 4 heteroatoms. The molecule has 22 heavy (non-hydrogen) atoms. The van der Waals surface area contributed by atoms with Crippen LogP contribution in [0.3, 0.4) is 0 Å². The van der Waals surface area contributed by atoms with Gasteiger partial charge in [-0.2, -0.15) is 0 Å². The SMILES string of the molecule is Cc1ccc(-c2cnc(NCc3ccc(Cl)cc3)n2C)cc1. The molecule has 1 aromatic heterocycles. The van der Waals surface area contributed by atoms with Gasteiger partial charge < -0.3 is 9.88 Å². The van der Waals surface area contributed by atoms with Crippen LogP contribution in [0.2, 0.25) is 5.02 Å². The molecule has 112 valence electrons. The Morgan fingerprint density at radius 3 is 2.41 bits per heavy atom. The third kappa shape index (κ3) is 3.15. The number of nitrogens with one attached hydrogen (secondary N) is 1. The minimum atomic E-state index is 0.718. The first kappa shape index (κ1) is 14.7. The predicted molar refractivity (Wildman–Crippen MR) is 92.2 cm³/mol. The Balaban J connectivity index is 1.75. The number of anilines is 1. The average Bonchev–Trinajstić information content (AvgIpc) is 2.89. The molecule has 0 aliphatic rings. The molecule has 0 radical (unpaired) electrons. The molecule has 0 unspecified atom stereocenters. The summed E-state index contributed by atoms with van der Waals surface area (Å²) in [6, 6.07) is 16.3. The molecular formula is C18H18ClN3. The molecule has 1 heterocycles. The highest BCUT2D eigenvalue weighted by atomic mass is 35.5. The van der Waals surface area contributed by atoms with Gasteiger partial charge in [0.25, 0.3) is 0 Å². The Bertz CT molecular complexity index is 758. The molecule has 1 N–H and O–H groups in total. The smallest absolute Gasteiger partial charge is 0.203 e. The van der Waals surface area contributed by atoms with E-state index >= 15 is 0 Å². The van der Waals surface area contributed by atoms with Crippen molar-refractivity contribution in [2.45, 2.75) is 13.5 Å². The molecule has 0 amide bonds. The van der Waals surface area contributed by atoms with Crippen molar-refractivity contribution in [3.05, 3.63) is 70.9 Å². The van der Waals surface area contributed by atoms with Gasteiger partial charge in [0, 0.05) is 18.6 Å². The highest BCUT2D eigenvalue weighted by Crippen LogP contribution is 2.22. The van der Waals surface area contributed by atoms with Gasteiger partial charge in [-0.3, -0.25) is 0 Å². The number of benzene rings is 2. The maximum atomic E-state index is 5.90. The predicted octanol–water partition coefficient (Wildman–Crippen LogP) is 4.66. The second kappa shape index (κ2) is 6.24. The minimum absolute atomic E-state index is 0.718. The van der Waals surface area contributed by atoms with Gasteiger partial charge in [-0.25, -0.2) is 4.98 Å². The Kier molecular flexibility index (Phi) is 4.16. The van der Waals surface area contributed by atoms with E-state index in [0.29, 0.717) is 0 Å². The van der Waals surface area contributed by atoms with Crippen molar-refractivity contribution in [3.8, 4) is 11.3 Å². The topological polar surface area (TPSA) is 29.9 Å². The minimum Gasteiger partial charge on any atom is -0.352 e. The maximum absolute atomic E-state index is 5.90. The number of imidazole rings is 1. The van der Waals surface area contributed by atoms with Gasteiger partial charge in [0.2, 0.25) is 5.95 Å². The summed E-state index contributed by atoms with van der Waals surface area (Å²) < 4.78 is 2.07. The second-order valence-electron chi connectivity index (χ2n) is 5.37. The molecular weight excluding hydrogens is 294 g/mol. The Morgan fingerprint density at radius 2 is 1.73 bits per heavy atom. The van der Waals surface area contributed by atoms with Crippen molar-refractivity contribution in [1.29, 1.82) is 0 Å². The van der Waals surface area contributed by atoms with E-state index in [4.69, 9.17) is 11.6 Å². The summed E-state index contributed by atoms with van der Waals surface area (Å²) in [4.78, 5) is 4.47. The Labute approximate surface area is 135 Å². The fourth-order valence-electron chi connectivity index (χ4n) is 2.35. The van der Waals surface area contributed by atoms with Crippen molar-refractivity contribution in [3.63, 3.8) is 0 Å². The number of hydrogen-bond donors (Lipinski definition) is 1. The van der Waals surface area contributed by atoms with E-state index in [1.165, 1.54) is 16.7 Å². The summed E-state index contributed by atoms with van der Waals surface area (Å²) in [7, 11) is 2.02. The monoisotopic (exact) mass is 311 g/mol. The van der Waals surface area contributed by atoms with Crippen molar-refractivity contribution in [2.24, 2.45) is 7.05 Å². The summed E-state index contributed by atoms with van der Waals surface area (Å²) in [5, 5.41) is 4.11. The van der Waals surface area contributed by atoms with E-state index in [9.17, 15) is 0 Å². The quantitative estimate of drug-likeness (QED) is 0.759. The summed E-state index contributed by atoms with van der Waals surface area (Å²) in [6.07, 6.45) is 1.90. The Morgan fingerprint density at radius 1 is 1.05 bits per heavy atom. The summed E-state index contributed by atoms with van der Waals surface area (Å²) in [5.74, 6) is 0.852. The zero-order valence-electron chi connectivity index (χ0n) is 12.7. The first-order valence-corrected chi connectivity index (χ1v) is 7.58. The largest absolute Gasteiger partial charge is 0.352 e. The number of aryl methyl sites for hydroxylation is 1. The highest BCUT2D eigenvalue weighted by Gasteiger charge is 2.08. The van der Waals surface area contributed by atoms with Crippen molar-refractivity contribution < 1.29 is 0 Å². The van der Waals surface area contributed by atoms with E-state index in [0.717, 1.165) is 23.2 Å². The third-order valence-corrected chi connectivity index (χ3v) is 3.95. The van der Waals surface area contributed by atoms with Crippen LogP contribution in [0.25, 0.3) is 11.3 Å². The van der Waals surface area contributed by atoms with E-state index < -0.39 is 0 Å². The van der Waals surface area contributed by atoms with Crippen LogP contribution in [-0.4, -0.2) is 9.55 Å². The molecule has 0 fully saturated rings. The molecule has 3 rings (SSSR count). The lowest BCUT2D eigenvalue weighted by Gasteiger charge is -2.09. The summed E-state index contributed by atoms with van der Waals surface area (Å²) >= 11 is 5.90. The fourth-order valence-corrected chi connectivity index (χ4v) is 2.48. The van der Waals surface area contributed by atoms with Crippen molar-refractivity contribution in [1.82, 2.24) is 9.55 Å². The summed E-state index contributed by atoms with van der Waals surface area (Å²) in [5.41, 5.74) is 4.69. The zero-order valence-corrected chi connectivity index (χ0v) is 13.4. The molecule has 2 aromatic carbocycles. The molecule has 3 nitrogen and oxygen atoms in total. The highest BCUT2D eigenvalue weighted by molar-refractivity contribution is 6.30. The van der Waals surface area contributed by atoms with E-state index in [2.05, 4.69) is 46.1 Å². The van der Waals surface area contributed by atoms with Crippen LogP contribution in [-0.2, 0) is 13.6 Å². The molecule has 0 saturated carbocycles. The van der Waals surface area contributed by atoms with E-state index in [-0.39, 0.29) is 0 Å². The fraction of sp³-hybridized carbons (Fsp3) is 0.167. The zero-order chi connectivity index (χ0) is 15.5. The van der Waals surface area contributed by atoms with Gasteiger partial charge in [-0.1, -0.05) is 53.6 Å². The van der Waals surface area contributed by atoms with Crippen LogP contribution in [0.4, 0.5) is 5.95 Å². The number of nitrogens with zero attached hydrogens (tertiary/aromatic N) is 2. The van der Waals surface area contributed by atoms with Crippen LogP contribution in [0.15, 0.2) is 54.7 Å². The third-order valence-electron chi connectivity index (χ3n) is 3.70. The molecule has 0 bridgehead atoms. The van der Waals surface area contributed by atoms with Crippen LogP contribution < -0.4 is 5.32 Å². The first-order chi connectivity index (χ1) is 10.6. The Hall–Kier alpha value is -2.26. The molecule has 0 aliphatic heterocycles. The molecule has 3 aromatic rings. The van der Waals surface area contributed by atoms with Crippen molar-refractivity contribution in [2.75, 3.05) is 5.32 Å². The molecule has 0 saturated heterocycles.